The molecule has 0 unspecified atom stereocenters. The summed E-state index contributed by atoms with van der Waals surface area (Å²) in [6, 6.07) is 11.8. The number of aromatic nitrogens is 1. The van der Waals surface area contributed by atoms with Crippen LogP contribution in [0.3, 0.4) is 0 Å². The van der Waals surface area contributed by atoms with Gasteiger partial charge in [0.25, 0.3) is 0 Å². The minimum Gasteiger partial charge on any atom is -0.398 e. The second-order valence-electron chi connectivity index (χ2n) is 4.04. The molecule has 0 aliphatic heterocycles. The number of aryl methyl sites for hydroxylation is 1. The third-order valence-corrected chi connectivity index (χ3v) is 2.74. The van der Waals surface area contributed by atoms with Crippen molar-refractivity contribution in [2.24, 2.45) is 7.05 Å². The highest BCUT2D eigenvalue weighted by Gasteiger charge is 2.09. The van der Waals surface area contributed by atoms with Crippen LogP contribution in [-0.4, -0.2) is 0 Å². The maximum atomic E-state index is 9.07. The molecule has 0 bridgehead atoms. The summed E-state index contributed by atoms with van der Waals surface area (Å²) < 4.78 is 1.94. The minimum atomic E-state index is 0.685. The van der Waals surface area contributed by atoms with Crippen LogP contribution in [0.1, 0.15) is 16.7 Å². The van der Waals surface area contributed by atoms with Crippen molar-refractivity contribution in [3.05, 3.63) is 59.4 Å². The molecule has 84 valence electrons. The number of para-hydroxylation sites is 1. The molecule has 2 N–H and O–H groups in total. The van der Waals surface area contributed by atoms with E-state index in [0.29, 0.717) is 12.0 Å². The number of nitriles is 1. The first-order valence-corrected chi connectivity index (χ1v) is 5.42. The number of pyridine rings is 1. The Kier molecular flexibility index (Phi) is 3.06. The van der Waals surface area contributed by atoms with Crippen molar-refractivity contribution in [2.75, 3.05) is 5.73 Å². The van der Waals surface area contributed by atoms with E-state index in [1.165, 1.54) is 0 Å². The predicted molar refractivity (Wildman–Crippen MR) is 66.0 cm³/mol. The monoisotopic (exact) mass is 224 g/mol. The van der Waals surface area contributed by atoms with Gasteiger partial charge in [0.15, 0.2) is 12.4 Å². The highest BCUT2D eigenvalue weighted by molar-refractivity contribution is 5.49. The van der Waals surface area contributed by atoms with Crippen LogP contribution in [0.15, 0.2) is 42.7 Å². The molecule has 0 fully saturated rings. The Labute approximate surface area is 101 Å². The smallest absolute Gasteiger partial charge is 0.173 e. The number of anilines is 1. The molecule has 0 atom stereocenters. The van der Waals surface area contributed by atoms with E-state index in [9.17, 15) is 0 Å². The summed E-state index contributed by atoms with van der Waals surface area (Å²) in [5, 5.41) is 9.07. The Balaban J connectivity index is 2.40. The van der Waals surface area contributed by atoms with Crippen LogP contribution in [-0.2, 0) is 13.5 Å². The van der Waals surface area contributed by atoms with E-state index >= 15 is 0 Å². The maximum Gasteiger partial charge on any atom is 0.173 e. The van der Waals surface area contributed by atoms with E-state index in [2.05, 4.69) is 6.07 Å². The summed E-state index contributed by atoms with van der Waals surface area (Å²) in [4.78, 5) is 0. The second kappa shape index (κ2) is 4.67. The summed E-state index contributed by atoms with van der Waals surface area (Å²) in [5.41, 5.74) is 9.42. The molecule has 3 heteroatoms. The quantitative estimate of drug-likeness (QED) is 0.621. The van der Waals surface area contributed by atoms with E-state index in [1.807, 2.05) is 54.3 Å². The van der Waals surface area contributed by atoms with Gasteiger partial charge < -0.3 is 5.73 Å². The Morgan fingerprint density at radius 1 is 1.24 bits per heavy atom. The Bertz CT molecular complexity index is 582. The van der Waals surface area contributed by atoms with Gasteiger partial charge in [0.2, 0.25) is 0 Å². The van der Waals surface area contributed by atoms with Crippen LogP contribution in [0.25, 0.3) is 0 Å². The van der Waals surface area contributed by atoms with E-state index < -0.39 is 0 Å². The van der Waals surface area contributed by atoms with Gasteiger partial charge in [0.05, 0.1) is 11.6 Å². The zero-order valence-corrected chi connectivity index (χ0v) is 9.72. The van der Waals surface area contributed by atoms with Crippen molar-refractivity contribution >= 4 is 5.69 Å². The zero-order chi connectivity index (χ0) is 12.3. The van der Waals surface area contributed by atoms with Gasteiger partial charge in [-0.15, -0.1) is 0 Å². The van der Waals surface area contributed by atoms with Crippen molar-refractivity contribution in [3.63, 3.8) is 0 Å². The molecule has 0 aliphatic rings. The van der Waals surface area contributed by atoms with Crippen LogP contribution in [0.5, 0.6) is 0 Å². The van der Waals surface area contributed by atoms with Gasteiger partial charge in [-0.05, 0) is 11.6 Å². The van der Waals surface area contributed by atoms with E-state index in [0.717, 1.165) is 16.8 Å². The normalized spacial score (nSPS) is 9.88. The molecule has 0 amide bonds. The summed E-state index contributed by atoms with van der Waals surface area (Å²) in [6.07, 6.45) is 4.52. The maximum absolute atomic E-state index is 9.07. The van der Waals surface area contributed by atoms with Crippen LogP contribution in [0.4, 0.5) is 5.69 Å². The summed E-state index contributed by atoms with van der Waals surface area (Å²) in [6.45, 7) is 0. The fourth-order valence-electron chi connectivity index (χ4n) is 1.81. The van der Waals surface area contributed by atoms with Crippen LogP contribution < -0.4 is 10.3 Å². The molecule has 0 radical (unpaired) electrons. The van der Waals surface area contributed by atoms with Gasteiger partial charge in [-0.1, -0.05) is 18.2 Å². The molecule has 3 nitrogen and oxygen atoms in total. The standard InChI is InChI=1S/C14H14N3/c1-17-7-6-12(9-15)13(10-17)8-11-4-2-3-5-14(11)16/h2-7,10H,8,16H2,1H3/q+1. The molecule has 2 rings (SSSR count). The molecule has 0 aliphatic carbocycles. The fourth-order valence-corrected chi connectivity index (χ4v) is 1.81. The topological polar surface area (TPSA) is 53.7 Å². The van der Waals surface area contributed by atoms with E-state index in [-0.39, 0.29) is 0 Å². The highest BCUT2D eigenvalue weighted by atomic mass is 14.9. The SMILES string of the molecule is C[n+]1ccc(C#N)c(Cc2ccccc2N)c1. The highest BCUT2D eigenvalue weighted by Crippen LogP contribution is 2.17. The first-order valence-electron chi connectivity index (χ1n) is 5.42. The van der Waals surface area contributed by atoms with Gasteiger partial charge >= 0.3 is 0 Å². The van der Waals surface area contributed by atoms with Crippen molar-refractivity contribution in [1.29, 1.82) is 5.26 Å². The number of nitrogens with zero attached hydrogens (tertiary/aromatic N) is 2. The average Bonchev–Trinajstić information content (AvgIpc) is 2.32. The van der Waals surface area contributed by atoms with Crippen molar-refractivity contribution in [1.82, 2.24) is 0 Å². The van der Waals surface area contributed by atoms with Crippen molar-refractivity contribution < 1.29 is 4.57 Å². The molecule has 0 saturated heterocycles. The summed E-state index contributed by atoms with van der Waals surface area (Å²) in [7, 11) is 1.94. The number of nitrogen functional groups attached to an aromatic ring is 1. The molecule has 2 aromatic rings. The summed E-state index contributed by atoms with van der Waals surface area (Å²) >= 11 is 0. The number of hydrogen-bond acceptors (Lipinski definition) is 2. The van der Waals surface area contributed by atoms with Crippen LogP contribution in [0, 0.1) is 11.3 Å². The van der Waals surface area contributed by atoms with Crippen molar-refractivity contribution in [3.8, 4) is 6.07 Å². The van der Waals surface area contributed by atoms with Crippen LogP contribution >= 0.6 is 0 Å². The Morgan fingerprint density at radius 2 is 2.00 bits per heavy atom. The van der Waals surface area contributed by atoms with E-state index in [4.69, 9.17) is 11.0 Å². The lowest BCUT2D eigenvalue weighted by molar-refractivity contribution is -0.671. The van der Waals surface area contributed by atoms with Gasteiger partial charge in [-0.25, -0.2) is 4.57 Å². The van der Waals surface area contributed by atoms with Crippen LogP contribution in [0.2, 0.25) is 0 Å². The first-order chi connectivity index (χ1) is 8.20. The third kappa shape index (κ3) is 2.43. The second-order valence-corrected chi connectivity index (χ2v) is 4.04. The zero-order valence-electron chi connectivity index (χ0n) is 9.72. The Hall–Kier alpha value is -2.34. The molecule has 1 aromatic heterocycles. The lowest BCUT2D eigenvalue weighted by atomic mass is 10.0. The number of hydrogen-bond donors (Lipinski definition) is 1. The minimum absolute atomic E-state index is 0.685. The third-order valence-electron chi connectivity index (χ3n) is 2.74. The predicted octanol–water partition coefficient (Wildman–Crippen LogP) is 1.56. The molecular weight excluding hydrogens is 210 g/mol. The molecule has 1 heterocycles. The van der Waals surface area contributed by atoms with Gasteiger partial charge in [0, 0.05) is 23.7 Å². The van der Waals surface area contributed by atoms with E-state index in [1.54, 1.807) is 0 Å². The van der Waals surface area contributed by atoms with Gasteiger partial charge in [-0.3, -0.25) is 0 Å². The molecule has 0 saturated carbocycles. The fraction of sp³-hybridized carbons (Fsp3) is 0.143. The average molecular weight is 224 g/mol. The number of benzene rings is 1. The Morgan fingerprint density at radius 3 is 2.71 bits per heavy atom. The lowest BCUT2D eigenvalue weighted by Gasteiger charge is -2.05. The molecular formula is C14H14N3+. The number of rotatable bonds is 2. The molecule has 0 spiro atoms. The molecule has 1 aromatic carbocycles. The van der Waals surface area contributed by atoms with Crippen molar-refractivity contribution in [2.45, 2.75) is 6.42 Å². The molecule has 17 heavy (non-hydrogen) atoms. The summed E-state index contributed by atoms with van der Waals surface area (Å²) in [5.74, 6) is 0. The largest absolute Gasteiger partial charge is 0.398 e. The van der Waals surface area contributed by atoms with Gasteiger partial charge in [-0.2, -0.15) is 5.26 Å². The lowest BCUT2D eigenvalue weighted by Crippen LogP contribution is -2.27. The van der Waals surface area contributed by atoms with Gasteiger partial charge in [0.1, 0.15) is 7.05 Å². The first kappa shape index (κ1) is 11.2. The number of nitrogens with two attached hydrogens (primary N) is 1.